The van der Waals surface area contributed by atoms with Gasteiger partial charge in [0.2, 0.25) is 10.0 Å². The second-order valence-corrected chi connectivity index (χ2v) is 9.64. The van der Waals surface area contributed by atoms with Crippen molar-refractivity contribution in [2.45, 2.75) is 18.5 Å². The van der Waals surface area contributed by atoms with Crippen LogP contribution in [0.25, 0.3) is 0 Å². The van der Waals surface area contributed by atoms with E-state index in [1.165, 1.54) is 16.2 Å². The second-order valence-electron chi connectivity index (χ2n) is 5.87. The highest BCUT2D eigenvalue weighted by Crippen LogP contribution is 2.19. The summed E-state index contributed by atoms with van der Waals surface area (Å²) in [5.74, 6) is 0.642. The van der Waals surface area contributed by atoms with E-state index >= 15 is 0 Å². The van der Waals surface area contributed by atoms with Gasteiger partial charge in [0.05, 0.1) is 38.2 Å². The Kier molecular flexibility index (Phi) is 5.54. The molecule has 0 amide bonds. The quantitative estimate of drug-likeness (QED) is 0.741. The molecule has 136 valence electrons. The highest BCUT2D eigenvalue weighted by atomic mass is 32.2. The lowest BCUT2D eigenvalue weighted by atomic mass is 10.3. The molecule has 2 aromatic rings. The second kappa shape index (κ2) is 7.50. The lowest BCUT2D eigenvalue weighted by Gasteiger charge is -2.31. The van der Waals surface area contributed by atoms with Crippen LogP contribution in [0.3, 0.4) is 0 Å². The van der Waals surface area contributed by atoms with Crippen LogP contribution in [0.5, 0.6) is 5.75 Å². The number of methoxy groups -OCH3 is 1. The maximum atomic E-state index is 12.8. The van der Waals surface area contributed by atoms with Gasteiger partial charge in [0, 0.05) is 0 Å². The minimum Gasteiger partial charge on any atom is -0.497 e. The van der Waals surface area contributed by atoms with E-state index in [0.29, 0.717) is 30.4 Å². The molecule has 0 saturated carbocycles. The van der Waals surface area contributed by atoms with E-state index in [-0.39, 0.29) is 0 Å². The predicted molar refractivity (Wildman–Crippen MR) is 98.1 cm³/mol. The van der Waals surface area contributed by atoms with Crippen molar-refractivity contribution in [1.29, 1.82) is 0 Å². The summed E-state index contributed by atoms with van der Waals surface area (Å²) in [6.07, 6.45) is 0. The van der Waals surface area contributed by atoms with E-state index in [2.05, 4.69) is 5.10 Å². The Balaban J connectivity index is 1.64. The molecule has 1 saturated heterocycles. The van der Waals surface area contributed by atoms with Crippen LogP contribution in [0.15, 0.2) is 29.2 Å². The average Bonchev–Trinajstić information content (AvgIpc) is 2.92. The van der Waals surface area contributed by atoms with Gasteiger partial charge in [0.25, 0.3) is 0 Å². The summed E-state index contributed by atoms with van der Waals surface area (Å²) in [5.41, 5.74) is 0. The molecule has 0 bridgehead atoms. The van der Waals surface area contributed by atoms with Crippen molar-refractivity contribution < 1.29 is 18.1 Å². The number of rotatable bonds is 5. The van der Waals surface area contributed by atoms with Crippen LogP contribution >= 0.6 is 23.6 Å². The van der Waals surface area contributed by atoms with Gasteiger partial charge >= 0.3 is 0 Å². The molecule has 1 aromatic heterocycles. The Morgan fingerprint density at radius 2 is 1.92 bits per heavy atom. The van der Waals surface area contributed by atoms with Crippen LogP contribution in [0.2, 0.25) is 0 Å². The summed E-state index contributed by atoms with van der Waals surface area (Å²) >= 11 is 6.80. The normalized spacial score (nSPS) is 16.9. The fourth-order valence-corrected chi connectivity index (χ4v) is 5.33. The molecule has 0 unspecified atom stereocenters. The van der Waals surface area contributed by atoms with Gasteiger partial charge < -0.3 is 9.64 Å². The summed E-state index contributed by atoms with van der Waals surface area (Å²) in [6.45, 7) is 5.05. The molecule has 1 fully saturated rings. The molecule has 2 heterocycles. The van der Waals surface area contributed by atoms with Gasteiger partial charge in [0.1, 0.15) is 10.8 Å². The van der Waals surface area contributed by atoms with Crippen LogP contribution < -0.4 is 9.64 Å². The van der Waals surface area contributed by atoms with Crippen LogP contribution in [0, 0.1) is 10.9 Å². The number of quaternary nitrogens is 1. The topological polar surface area (TPSA) is 68.9 Å². The van der Waals surface area contributed by atoms with Crippen molar-refractivity contribution in [3.63, 3.8) is 0 Å². The molecule has 10 heteroatoms. The number of nitrogens with one attached hydrogen (secondary N) is 1. The monoisotopic (exact) mass is 401 g/mol. The molecule has 0 radical (unpaired) electrons. The third kappa shape index (κ3) is 4.09. The van der Waals surface area contributed by atoms with Crippen LogP contribution in [0.4, 0.5) is 0 Å². The number of benzene rings is 1. The first-order chi connectivity index (χ1) is 11.9. The zero-order chi connectivity index (χ0) is 18.0. The average molecular weight is 402 g/mol. The van der Waals surface area contributed by atoms with Crippen molar-refractivity contribution >= 4 is 33.6 Å². The summed E-state index contributed by atoms with van der Waals surface area (Å²) in [6, 6.07) is 6.51. The molecule has 3 rings (SSSR count). The zero-order valence-corrected chi connectivity index (χ0v) is 16.6. The third-order valence-electron chi connectivity index (χ3n) is 4.21. The Morgan fingerprint density at radius 3 is 2.44 bits per heavy atom. The predicted octanol–water partition coefficient (Wildman–Crippen LogP) is 0.538. The van der Waals surface area contributed by atoms with Gasteiger partial charge in [0.15, 0.2) is 10.6 Å². The number of aromatic nitrogens is 2. The smallest absolute Gasteiger partial charge is 0.243 e. The fourth-order valence-electron chi connectivity index (χ4n) is 2.82. The summed E-state index contributed by atoms with van der Waals surface area (Å²) in [5, 5.41) is 5.35. The Morgan fingerprint density at radius 1 is 1.28 bits per heavy atom. The van der Waals surface area contributed by atoms with Crippen molar-refractivity contribution in [3.05, 3.63) is 33.2 Å². The van der Waals surface area contributed by atoms with Crippen molar-refractivity contribution in [2.24, 2.45) is 0 Å². The maximum absolute atomic E-state index is 12.8. The van der Waals surface area contributed by atoms with Gasteiger partial charge in [-0.25, -0.2) is 8.42 Å². The molecule has 0 spiro atoms. The van der Waals surface area contributed by atoms with Gasteiger partial charge in [-0.05, 0) is 43.4 Å². The van der Waals surface area contributed by atoms with E-state index in [1.54, 1.807) is 35.7 Å². The number of hydrogen-bond donors (Lipinski definition) is 1. The van der Waals surface area contributed by atoms with Gasteiger partial charge in [-0.1, -0.05) is 11.3 Å². The Labute approximate surface area is 156 Å². The van der Waals surface area contributed by atoms with E-state index in [4.69, 9.17) is 17.0 Å². The van der Waals surface area contributed by atoms with Crippen LogP contribution in [-0.4, -0.2) is 55.8 Å². The minimum absolute atomic E-state index is 0.300. The van der Waals surface area contributed by atoms with Gasteiger partial charge in [-0.3, -0.25) is 0 Å². The summed E-state index contributed by atoms with van der Waals surface area (Å²) in [4.78, 5) is 1.58. The molecular weight excluding hydrogens is 380 g/mol. The van der Waals surface area contributed by atoms with E-state index in [1.807, 2.05) is 11.6 Å². The zero-order valence-electron chi connectivity index (χ0n) is 14.1. The molecule has 0 atom stereocenters. The Bertz CT molecular complexity index is 881. The van der Waals surface area contributed by atoms with Crippen LogP contribution in [-0.2, 0) is 16.7 Å². The number of ether oxygens (including phenoxy) is 1. The van der Waals surface area contributed by atoms with Crippen molar-refractivity contribution in [1.82, 2.24) is 14.1 Å². The lowest BCUT2D eigenvalue weighted by Crippen LogP contribution is -3.14. The molecule has 1 aromatic carbocycles. The summed E-state index contributed by atoms with van der Waals surface area (Å²) in [7, 11) is -1.91. The third-order valence-corrected chi connectivity index (χ3v) is 7.34. The lowest BCUT2D eigenvalue weighted by molar-refractivity contribution is -0.926. The first-order valence-corrected chi connectivity index (χ1v) is 10.6. The minimum atomic E-state index is -3.46. The molecule has 0 aliphatic carbocycles. The molecular formula is C15H21N4O3S3+. The van der Waals surface area contributed by atoms with E-state index in [0.717, 1.165) is 22.1 Å². The number of piperazine rings is 1. The molecule has 25 heavy (non-hydrogen) atoms. The molecule has 1 aliphatic rings. The number of aryl methyl sites for hydroxylation is 1. The van der Waals surface area contributed by atoms with E-state index < -0.39 is 10.0 Å². The van der Waals surface area contributed by atoms with Crippen molar-refractivity contribution in [2.75, 3.05) is 33.3 Å². The fraction of sp³-hybridized carbons (Fsp3) is 0.467. The number of sulfonamides is 1. The largest absolute Gasteiger partial charge is 0.497 e. The first kappa shape index (κ1) is 18.5. The Hall–Kier alpha value is -1.33. The number of nitrogens with zero attached hydrogens (tertiary/aromatic N) is 3. The van der Waals surface area contributed by atoms with Crippen molar-refractivity contribution in [3.8, 4) is 5.75 Å². The first-order valence-electron chi connectivity index (χ1n) is 7.92. The SMILES string of the molecule is COc1ccc(S(=O)(=O)N2CC[NH+](Cn3nc(C)sc3=S)CC2)cc1. The van der Waals surface area contributed by atoms with Crippen LogP contribution in [0.1, 0.15) is 5.01 Å². The van der Waals surface area contributed by atoms with Gasteiger partial charge in [-0.2, -0.15) is 14.1 Å². The van der Waals surface area contributed by atoms with Gasteiger partial charge in [-0.15, -0.1) is 0 Å². The highest BCUT2D eigenvalue weighted by Gasteiger charge is 2.30. The van der Waals surface area contributed by atoms with E-state index in [9.17, 15) is 8.42 Å². The molecule has 1 N–H and O–H groups in total. The molecule has 7 nitrogen and oxygen atoms in total. The summed E-state index contributed by atoms with van der Waals surface area (Å²) < 4.78 is 34.7. The standard InChI is InChI=1S/C15H20N4O3S3/c1-12-16-19(15(23)24-12)11-17-7-9-18(10-8-17)25(20,21)14-5-3-13(22-2)4-6-14/h3-6H,7-11H2,1-2H3/p+1. The number of hydrogen-bond acceptors (Lipinski definition) is 6. The highest BCUT2D eigenvalue weighted by molar-refractivity contribution is 7.89. The molecule has 1 aliphatic heterocycles. The maximum Gasteiger partial charge on any atom is 0.243 e.